The van der Waals surface area contributed by atoms with Crippen molar-refractivity contribution in [3.63, 3.8) is 0 Å². The molecule has 33 heavy (non-hydrogen) atoms. The fourth-order valence-corrected chi connectivity index (χ4v) is 3.98. The van der Waals surface area contributed by atoms with E-state index in [0.29, 0.717) is 33.7 Å². The van der Waals surface area contributed by atoms with Crippen LogP contribution in [0.1, 0.15) is 23.6 Å². The predicted octanol–water partition coefficient (Wildman–Crippen LogP) is 6.00. The van der Waals surface area contributed by atoms with Crippen molar-refractivity contribution in [2.75, 3.05) is 6.61 Å². The summed E-state index contributed by atoms with van der Waals surface area (Å²) in [4.78, 5) is 17.5. The Hall–Kier alpha value is -3.58. The standard InChI is InChI=1S/C26H23FN2O3S/c1-3-31-23-14-18(10-13-22(23)32-16-19-6-4-5-7-21(19)27)15-24-25(30)29-26(33-24)28-20-11-8-17(2)9-12-20/h4-15H,3,16H2,1-2H3,(H,28,29,30)/b24-15-. The second-order valence-corrected chi connectivity index (χ2v) is 8.37. The normalized spacial score (nSPS) is 15.7. The number of benzene rings is 3. The van der Waals surface area contributed by atoms with Crippen molar-refractivity contribution < 1.29 is 18.7 Å². The van der Waals surface area contributed by atoms with Gasteiger partial charge in [-0.1, -0.05) is 42.0 Å². The molecule has 3 aromatic carbocycles. The van der Waals surface area contributed by atoms with Crippen LogP contribution < -0.4 is 14.8 Å². The minimum Gasteiger partial charge on any atom is -0.490 e. The number of rotatable bonds is 7. The number of thioether (sulfide) groups is 1. The number of carbonyl (C=O) groups excluding carboxylic acids is 1. The zero-order valence-electron chi connectivity index (χ0n) is 18.3. The molecule has 1 amide bonds. The number of nitrogens with zero attached hydrogens (tertiary/aromatic N) is 1. The molecular formula is C26H23FN2O3S. The Morgan fingerprint density at radius 1 is 1.03 bits per heavy atom. The molecule has 3 aromatic rings. The van der Waals surface area contributed by atoms with Crippen molar-refractivity contribution in [1.29, 1.82) is 0 Å². The molecule has 1 aliphatic rings. The number of amides is 1. The minimum atomic E-state index is -0.316. The summed E-state index contributed by atoms with van der Waals surface area (Å²) in [5.41, 5.74) is 3.17. The van der Waals surface area contributed by atoms with Crippen molar-refractivity contribution >= 4 is 34.6 Å². The summed E-state index contributed by atoms with van der Waals surface area (Å²) in [6, 6.07) is 19.6. The second kappa shape index (κ2) is 10.4. The number of amidine groups is 1. The van der Waals surface area contributed by atoms with Gasteiger partial charge in [0.05, 0.1) is 17.2 Å². The molecule has 0 atom stereocenters. The average Bonchev–Trinajstić information content (AvgIpc) is 3.14. The Morgan fingerprint density at radius 3 is 2.58 bits per heavy atom. The highest BCUT2D eigenvalue weighted by Crippen LogP contribution is 2.33. The summed E-state index contributed by atoms with van der Waals surface area (Å²) < 4.78 is 25.4. The van der Waals surface area contributed by atoms with Gasteiger partial charge in [0, 0.05) is 5.56 Å². The van der Waals surface area contributed by atoms with E-state index in [4.69, 9.17) is 9.47 Å². The lowest BCUT2D eigenvalue weighted by Gasteiger charge is -2.13. The minimum absolute atomic E-state index is 0.0876. The van der Waals surface area contributed by atoms with Crippen molar-refractivity contribution in [2.24, 2.45) is 4.99 Å². The fourth-order valence-electron chi connectivity index (χ4n) is 3.14. The van der Waals surface area contributed by atoms with Crippen molar-refractivity contribution in [2.45, 2.75) is 20.5 Å². The number of ether oxygens (including phenoxy) is 2. The first kappa shape index (κ1) is 22.6. The Labute approximate surface area is 196 Å². The van der Waals surface area contributed by atoms with Crippen molar-refractivity contribution in [3.05, 3.63) is 94.1 Å². The van der Waals surface area contributed by atoms with Gasteiger partial charge in [-0.15, -0.1) is 0 Å². The first-order valence-electron chi connectivity index (χ1n) is 10.5. The smallest absolute Gasteiger partial charge is 0.264 e. The number of halogens is 1. The molecule has 0 spiro atoms. The van der Waals surface area contributed by atoms with Gasteiger partial charge in [-0.25, -0.2) is 9.38 Å². The van der Waals surface area contributed by atoms with Crippen LogP contribution >= 0.6 is 11.8 Å². The molecule has 0 unspecified atom stereocenters. The first-order valence-corrected chi connectivity index (χ1v) is 11.3. The third kappa shape index (κ3) is 5.81. The molecule has 0 aliphatic carbocycles. The Morgan fingerprint density at radius 2 is 1.82 bits per heavy atom. The van der Waals surface area contributed by atoms with Gasteiger partial charge in [0.25, 0.3) is 5.91 Å². The van der Waals surface area contributed by atoms with Crippen LogP contribution in [0.2, 0.25) is 0 Å². The monoisotopic (exact) mass is 462 g/mol. The molecule has 7 heteroatoms. The fraction of sp³-hybridized carbons (Fsp3) is 0.154. The number of nitrogens with one attached hydrogen (secondary N) is 1. The molecule has 0 radical (unpaired) electrons. The summed E-state index contributed by atoms with van der Waals surface area (Å²) in [6.45, 7) is 4.42. The van der Waals surface area contributed by atoms with Gasteiger partial charge in [-0.2, -0.15) is 0 Å². The van der Waals surface area contributed by atoms with Crippen LogP contribution in [0.3, 0.4) is 0 Å². The van der Waals surface area contributed by atoms with E-state index in [1.807, 2.05) is 44.2 Å². The quantitative estimate of drug-likeness (QED) is 0.437. The van der Waals surface area contributed by atoms with E-state index in [0.717, 1.165) is 16.8 Å². The average molecular weight is 463 g/mol. The Balaban J connectivity index is 1.51. The first-order chi connectivity index (χ1) is 16.0. The van der Waals surface area contributed by atoms with Gasteiger partial charge in [-0.05, 0) is 67.6 Å². The maximum Gasteiger partial charge on any atom is 0.264 e. The summed E-state index contributed by atoms with van der Waals surface area (Å²) in [5, 5.41) is 3.33. The highest BCUT2D eigenvalue weighted by molar-refractivity contribution is 8.18. The topological polar surface area (TPSA) is 59.9 Å². The molecule has 0 aromatic heterocycles. The molecule has 1 aliphatic heterocycles. The van der Waals surface area contributed by atoms with E-state index in [1.54, 1.807) is 36.4 Å². The number of hydrogen-bond acceptors (Lipinski definition) is 5. The lowest BCUT2D eigenvalue weighted by Crippen LogP contribution is -2.19. The van der Waals surface area contributed by atoms with E-state index in [-0.39, 0.29) is 18.3 Å². The van der Waals surface area contributed by atoms with Gasteiger partial charge in [0.1, 0.15) is 12.4 Å². The zero-order valence-corrected chi connectivity index (χ0v) is 19.1. The van der Waals surface area contributed by atoms with E-state index in [9.17, 15) is 9.18 Å². The lowest BCUT2D eigenvalue weighted by atomic mass is 10.1. The van der Waals surface area contributed by atoms with E-state index in [1.165, 1.54) is 17.8 Å². The third-order valence-corrected chi connectivity index (χ3v) is 5.73. The maximum atomic E-state index is 13.9. The zero-order chi connectivity index (χ0) is 23.2. The van der Waals surface area contributed by atoms with Crippen LogP contribution in [0.4, 0.5) is 10.1 Å². The van der Waals surface area contributed by atoms with E-state index >= 15 is 0 Å². The highest BCUT2D eigenvalue weighted by atomic mass is 32.2. The summed E-state index contributed by atoms with van der Waals surface area (Å²) in [6.07, 6.45) is 1.78. The Bertz CT molecular complexity index is 1220. The predicted molar refractivity (Wildman–Crippen MR) is 130 cm³/mol. The number of aliphatic imine (C=N–C) groups is 1. The van der Waals surface area contributed by atoms with Crippen LogP contribution in [-0.2, 0) is 11.4 Å². The van der Waals surface area contributed by atoms with Gasteiger partial charge in [0.15, 0.2) is 16.7 Å². The molecule has 1 N–H and O–H groups in total. The summed E-state index contributed by atoms with van der Waals surface area (Å²) in [5.74, 6) is 0.514. The molecule has 0 saturated carbocycles. The molecule has 4 rings (SSSR count). The number of carbonyl (C=O) groups is 1. The molecule has 1 saturated heterocycles. The van der Waals surface area contributed by atoms with Crippen molar-refractivity contribution in [3.8, 4) is 11.5 Å². The van der Waals surface area contributed by atoms with E-state index < -0.39 is 0 Å². The van der Waals surface area contributed by atoms with Crippen LogP contribution in [0.25, 0.3) is 6.08 Å². The molecule has 1 heterocycles. The molecule has 5 nitrogen and oxygen atoms in total. The van der Waals surface area contributed by atoms with Gasteiger partial charge in [-0.3, -0.25) is 4.79 Å². The van der Waals surface area contributed by atoms with Crippen LogP contribution in [0, 0.1) is 12.7 Å². The molecular weight excluding hydrogens is 439 g/mol. The lowest BCUT2D eigenvalue weighted by molar-refractivity contribution is -0.115. The Kier molecular flexibility index (Phi) is 7.10. The van der Waals surface area contributed by atoms with Gasteiger partial charge >= 0.3 is 0 Å². The molecule has 168 valence electrons. The van der Waals surface area contributed by atoms with Crippen LogP contribution in [0.15, 0.2) is 76.6 Å². The maximum absolute atomic E-state index is 13.9. The number of hydrogen-bond donors (Lipinski definition) is 1. The number of aryl methyl sites for hydroxylation is 1. The highest BCUT2D eigenvalue weighted by Gasteiger charge is 2.24. The van der Waals surface area contributed by atoms with Gasteiger partial charge < -0.3 is 14.8 Å². The van der Waals surface area contributed by atoms with Gasteiger partial charge in [0.2, 0.25) is 0 Å². The molecule has 0 bridgehead atoms. The molecule has 1 fully saturated rings. The SMILES string of the molecule is CCOc1cc(/C=C2\SC(=Nc3ccc(C)cc3)NC2=O)ccc1OCc1ccccc1F. The van der Waals surface area contributed by atoms with Crippen LogP contribution in [-0.4, -0.2) is 17.7 Å². The van der Waals surface area contributed by atoms with Crippen LogP contribution in [0.5, 0.6) is 11.5 Å². The van der Waals surface area contributed by atoms with E-state index in [2.05, 4.69) is 10.3 Å². The summed E-state index contributed by atoms with van der Waals surface area (Å²) in [7, 11) is 0. The third-order valence-electron chi connectivity index (χ3n) is 4.82. The largest absolute Gasteiger partial charge is 0.490 e. The van der Waals surface area contributed by atoms with Crippen molar-refractivity contribution in [1.82, 2.24) is 5.32 Å². The second-order valence-electron chi connectivity index (χ2n) is 7.34. The summed E-state index contributed by atoms with van der Waals surface area (Å²) >= 11 is 1.28.